The molecule has 194 valence electrons. The van der Waals surface area contributed by atoms with Crippen molar-refractivity contribution in [3.8, 4) is 16.9 Å². The monoisotopic (exact) mass is 538 g/mol. The zero-order valence-electron chi connectivity index (χ0n) is 21.0. The number of carbonyl (C=O) groups is 1. The number of benzene rings is 2. The molecule has 1 amide bonds. The van der Waals surface area contributed by atoms with Crippen molar-refractivity contribution < 1.29 is 9.53 Å². The molecule has 2 aliphatic heterocycles. The van der Waals surface area contributed by atoms with Crippen molar-refractivity contribution in [1.29, 1.82) is 0 Å². The fraction of sp³-hybridized carbons (Fsp3) is 0.379. The fourth-order valence-corrected chi connectivity index (χ4v) is 6.11. The number of anilines is 1. The lowest BCUT2D eigenvalue weighted by Crippen LogP contribution is -2.42. The molecule has 2 aromatic carbocycles. The van der Waals surface area contributed by atoms with Crippen molar-refractivity contribution in [3.63, 3.8) is 0 Å². The van der Waals surface area contributed by atoms with Crippen LogP contribution < -0.4 is 10.5 Å². The van der Waals surface area contributed by atoms with Crippen molar-refractivity contribution in [2.24, 2.45) is 0 Å². The van der Waals surface area contributed by atoms with Crippen molar-refractivity contribution >= 4 is 34.9 Å². The van der Waals surface area contributed by atoms with Crippen LogP contribution in [0, 0.1) is 0 Å². The zero-order valence-corrected chi connectivity index (χ0v) is 22.5. The summed E-state index contributed by atoms with van der Waals surface area (Å²) in [5, 5.41) is 1.05. The van der Waals surface area contributed by atoms with Crippen molar-refractivity contribution in [2.75, 3.05) is 31.9 Å². The molecule has 0 saturated carbocycles. The maximum Gasteiger partial charge on any atom is 0.254 e. The maximum absolute atomic E-state index is 13.5. The van der Waals surface area contributed by atoms with Gasteiger partial charge in [0.1, 0.15) is 6.10 Å². The molecule has 2 fully saturated rings. The Labute approximate surface area is 228 Å². The van der Waals surface area contributed by atoms with Crippen LogP contribution in [-0.4, -0.2) is 52.9 Å². The lowest BCUT2D eigenvalue weighted by Gasteiger charge is -2.28. The van der Waals surface area contributed by atoms with E-state index >= 15 is 0 Å². The standard InChI is InChI=1S/C29H32Cl2N4O2/c1-19(27-24(30)10-5-11-25(27)31)37-26-16-22(17-33-28(26)32)20-7-4-8-21(15-20)29(36)35-14-6-9-23(35)18-34-12-2-3-13-34/h4-5,7-8,10-11,15-17,19,23H,2-3,6,9,12-14,18H2,1H3,(H2,32,33)/t19?,23-/m0/s1. The molecule has 2 saturated heterocycles. The molecular formula is C29H32Cl2N4O2. The number of nitrogens with two attached hydrogens (primary N) is 1. The van der Waals surface area contributed by atoms with E-state index in [4.69, 9.17) is 33.7 Å². The Morgan fingerprint density at radius 2 is 1.78 bits per heavy atom. The van der Waals surface area contributed by atoms with Gasteiger partial charge in [-0.05, 0) is 81.6 Å². The third kappa shape index (κ3) is 5.71. The second-order valence-corrected chi connectivity index (χ2v) is 10.7. The second kappa shape index (κ2) is 11.3. The Morgan fingerprint density at radius 1 is 1.05 bits per heavy atom. The third-order valence-corrected chi connectivity index (χ3v) is 8.00. The Balaban J connectivity index is 1.35. The van der Waals surface area contributed by atoms with E-state index in [1.807, 2.05) is 37.3 Å². The lowest BCUT2D eigenvalue weighted by atomic mass is 10.0. The lowest BCUT2D eigenvalue weighted by molar-refractivity contribution is 0.0709. The molecule has 0 spiro atoms. The number of likely N-dealkylation sites (tertiary alicyclic amines) is 2. The predicted octanol–water partition coefficient (Wildman–Crippen LogP) is 6.48. The topological polar surface area (TPSA) is 71.7 Å². The van der Waals surface area contributed by atoms with Crippen molar-refractivity contribution in [3.05, 3.63) is 75.9 Å². The number of aromatic nitrogens is 1. The van der Waals surface area contributed by atoms with E-state index in [1.165, 1.54) is 12.8 Å². The minimum Gasteiger partial charge on any atom is -0.482 e. The molecule has 5 rings (SSSR count). The normalized spacial score (nSPS) is 18.8. The number of hydrogen-bond donors (Lipinski definition) is 1. The van der Waals surface area contributed by atoms with Crippen LogP contribution in [0.25, 0.3) is 11.1 Å². The van der Waals surface area contributed by atoms with Crippen LogP contribution in [0.15, 0.2) is 54.7 Å². The second-order valence-electron chi connectivity index (χ2n) is 9.89. The van der Waals surface area contributed by atoms with Gasteiger partial charge in [-0.3, -0.25) is 4.79 Å². The van der Waals surface area contributed by atoms with Crippen LogP contribution in [0.5, 0.6) is 5.75 Å². The van der Waals surface area contributed by atoms with Crippen LogP contribution in [-0.2, 0) is 0 Å². The van der Waals surface area contributed by atoms with E-state index in [0.29, 0.717) is 26.9 Å². The number of ether oxygens (including phenoxy) is 1. The highest BCUT2D eigenvalue weighted by atomic mass is 35.5. The maximum atomic E-state index is 13.5. The molecule has 0 radical (unpaired) electrons. The molecule has 8 heteroatoms. The molecule has 3 aromatic rings. The number of rotatable bonds is 7. The number of amides is 1. The predicted molar refractivity (Wildman–Crippen MR) is 149 cm³/mol. The molecular weight excluding hydrogens is 507 g/mol. The molecule has 0 aliphatic carbocycles. The van der Waals surface area contributed by atoms with Crippen LogP contribution in [0.2, 0.25) is 10.0 Å². The Morgan fingerprint density at radius 3 is 2.54 bits per heavy atom. The number of nitrogens with zero attached hydrogens (tertiary/aromatic N) is 3. The highest BCUT2D eigenvalue weighted by Crippen LogP contribution is 2.36. The minimum atomic E-state index is -0.434. The molecule has 1 unspecified atom stereocenters. The number of halogens is 2. The van der Waals surface area contributed by atoms with Gasteiger partial charge in [0.15, 0.2) is 11.6 Å². The first-order valence-electron chi connectivity index (χ1n) is 12.9. The van der Waals surface area contributed by atoms with Crippen LogP contribution in [0.1, 0.15) is 54.6 Å². The Bertz CT molecular complexity index is 1260. The van der Waals surface area contributed by atoms with Crippen LogP contribution in [0.4, 0.5) is 5.82 Å². The summed E-state index contributed by atoms with van der Waals surface area (Å²) in [6, 6.07) is 15.2. The van der Waals surface area contributed by atoms with Gasteiger partial charge in [0.2, 0.25) is 0 Å². The summed E-state index contributed by atoms with van der Waals surface area (Å²) in [5.74, 6) is 0.793. The van der Waals surface area contributed by atoms with Gasteiger partial charge in [0.05, 0.1) is 0 Å². The summed E-state index contributed by atoms with van der Waals surface area (Å²) < 4.78 is 6.16. The number of pyridine rings is 1. The average Bonchev–Trinajstić information content (AvgIpc) is 3.57. The van der Waals surface area contributed by atoms with Crippen molar-refractivity contribution in [1.82, 2.24) is 14.8 Å². The van der Waals surface area contributed by atoms with E-state index < -0.39 is 6.10 Å². The number of nitrogen functional groups attached to an aromatic ring is 1. The average molecular weight is 540 g/mol. The molecule has 0 bridgehead atoms. The van der Waals surface area contributed by atoms with E-state index in [2.05, 4.69) is 14.8 Å². The number of carbonyl (C=O) groups excluding carboxylic acids is 1. The first kappa shape index (κ1) is 25.8. The van der Waals surface area contributed by atoms with Gasteiger partial charge in [-0.1, -0.05) is 41.4 Å². The number of hydrogen-bond acceptors (Lipinski definition) is 5. The summed E-state index contributed by atoms with van der Waals surface area (Å²) in [5.41, 5.74) is 9.21. The van der Waals surface area contributed by atoms with E-state index in [-0.39, 0.29) is 17.8 Å². The molecule has 1 aromatic heterocycles. The van der Waals surface area contributed by atoms with Gasteiger partial charge < -0.3 is 20.3 Å². The highest BCUT2D eigenvalue weighted by molar-refractivity contribution is 6.36. The summed E-state index contributed by atoms with van der Waals surface area (Å²) in [6.07, 6.45) is 5.90. The van der Waals surface area contributed by atoms with Crippen LogP contribution >= 0.6 is 23.2 Å². The minimum absolute atomic E-state index is 0.0883. The van der Waals surface area contributed by atoms with Gasteiger partial charge in [-0.2, -0.15) is 0 Å². The van der Waals surface area contributed by atoms with E-state index in [0.717, 1.165) is 50.1 Å². The summed E-state index contributed by atoms with van der Waals surface area (Å²) >= 11 is 12.7. The third-order valence-electron chi connectivity index (χ3n) is 7.34. The highest BCUT2D eigenvalue weighted by Gasteiger charge is 2.31. The van der Waals surface area contributed by atoms with E-state index in [1.54, 1.807) is 24.4 Å². The summed E-state index contributed by atoms with van der Waals surface area (Å²) in [4.78, 5) is 22.4. The zero-order chi connectivity index (χ0) is 25.9. The quantitative estimate of drug-likeness (QED) is 0.372. The summed E-state index contributed by atoms with van der Waals surface area (Å²) in [7, 11) is 0. The molecule has 6 nitrogen and oxygen atoms in total. The smallest absolute Gasteiger partial charge is 0.254 e. The molecule has 2 atom stereocenters. The molecule has 2 N–H and O–H groups in total. The van der Waals surface area contributed by atoms with Crippen molar-refractivity contribution in [2.45, 2.75) is 44.8 Å². The van der Waals surface area contributed by atoms with E-state index in [9.17, 15) is 4.79 Å². The molecule has 2 aliphatic rings. The molecule has 37 heavy (non-hydrogen) atoms. The van der Waals surface area contributed by atoms with Gasteiger partial charge in [-0.15, -0.1) is 0 Å². The molecule has 3 heterocycles. The van der Waals surface area contributed by atoms with Gasteiger partial charge in [-0.25, -0.2) is 4.98 Å². The first-order chi connectivity index (χ1) is 17.9. The Hall–Kier alpha value is -2.80. The largest absolute Gasteiger partial charge is 0.482 e. The van der Waals surface area contributed by atoms with Gasteiger partial charge in [0.25, 0.3) is 5.91 Å². The fourth-order valence-electron chi connectivity index (χ4n) is 5.41. The first-order valence-corrected chi connectivity index (χ1v) is 13.7. The Kier molecular flexibility index (Phi) is 7.89. The van der Waals surface area contributed by atoms with Gasteiger partial charge in [0, 0.05) is 52.1 Å². The van der Waals surface area contributed by atoms with Gasteiger partial charge >= 0.3 is 0 Å². The van der Waals surface area contributed by atoms with Crippen LogP contribution in [0.3, 0.4) is 0 Å². The summed E-state index contributed by atoms with van der Waals surface area (Å²) in [6.45, 7) is 5.94. The SMILES string of the molecule is CC(Oc1cc(-c2cccc(C(=O)N3CCC[C@H]3CN3CCCC3)c2)cnc1N)c1c(Cl)cccc1Cl.